The van der Waals surface area contributed by atoms with E-state index < -0.39 is 0 Å². The molecule has 0 fully saturated rings. The lowest BCUT2D eigenvalue weighted by molar-refractivity contribution is -0.118. The molecule has 0 unspecified atom stereocenters. The molecular formula is C24H20N4O3S. The Morgan fingerprint density at radius 3 is 2.59 bits per heavy atom. The number of amides is 1. The van der Waals surface area contributed by atoms with Crippen LogP contribution in [0.3, 0.4) is 0 Å². The molecule has 1 aromatic heterocycles. The first-order chi connectivity index (χ1) is 15.5. The van der Waals surface area contributed by atoms with Crippen LogP contribution >= 0.6 is 11.8 Å². The van der Waals surface area contributed by atoms with E-state index in [9.17, 15) is 14.7 Å². The van der Waals surface area contributed by atoms with Crippen molar-refractivity contribution in [3.63, 3.8) is 0 Å². The zero-order chi connectivity index (χ0) is 22.5. The third kappa shape index (κ3) is 4.70. The van der Waals surface area contributed by atoms with Crippen LogP contribution < -0.4 is 11.0 Å². The Labute approximate surface area is 188 Å². The number of hydrogen-bond donors (Lipinski definition) is 2. The molecule has 7 nitrogen and oxygen atoms in total. The van der Waals surface area contributed by atoms with E-state index in [4.69, 9.17) is 0 Å². The van der Waals surface area contributed by atoms with Crippen LogP contribution in [0.4, 0.5) is 0 Å². The Balaban J connectivity index is 1.57. The number of carbonyl (C=O) groups excluding carboxylic acids is 1. The van der Waals surface area contributed by atoms with Gasteiger partial charge in [0.2, 0.25) is 0 Å². The smallest absolute Gasteiger partial charge is 0.266 e. The van der Waals surface area contributed by atoms with Crippen molar-refractivity contribution in [2.45, 2.75) is 12.1 Å². The summed E-state index contributed by atoms with van der Waals surface area (Å²) in [6, 6.07) is 21.4. The third-order valence-corrected chi connectivity index (χ3v) is 5.64. The number of carbonyl (C=O) groups is 1. The number of phenolic OH excluding ortho intramolecular Hbond substituents is 1. The van der Waals surface area contributed by atoms with Gasteiger partial charge < -0.3 is 5.11 Å². The number of aromatic nitrogens is 2. The topological polar surface area (TPSA) is 96.6 Å². The fourth-order valence-corrected chi connectivity index (χ4v) is 3.87. The summed E-state index contributed by atoms with van der Waals surface area (Å²) in [6.45, 7) is 1.97. The van der Waals surface area contributed by atoms with Gasteiger partial charge in [-0.15, -0.1) is 0 Å². The number of nitrogens with zero attached hydrogens (tertiary/aromatic N) is 3. The van der Waals surface area contributed by atoms with E-state index in [-0.39, 0.29) is 23.0 Å². The van der Waals surface area contributed by atoms with Gasteiger partial charge in [0, 0.05) is 5.56 Å². The fourth-order valence-electron chi connectivity index (χ4n) is 3.06. The Hall–Kier alpha value is -3.91. The minimum absolute atomic E-state index is 0.00868. The van der Waals surface area contributed by atoms with Gasteiger partial charge in [0.1, 0.15) is 5.75 Å². The predicted molar refractivity (Wildman–Crippen MR) is 127 cm³/mol. The standard InChI is InChI=1S/C24H20N4O3S/c1-16-10-12-18(13-11-16)28-23(31)19-7-3-4-8-20(19)26-24(28)32-15-22(30)27-25-14-17-6-2-5-9-21(17)29/h2-14,29H,15H2,1H3,(H,27,30)/b25-14+. The van der Waals surface area contributed by atoms with E-state index in [1.54, 1.807) is 36.4 Å². The SMILES string of the molecule is Cc1ccc(-n2c(SCC(=O)N/N=C/c3ccccc3O)nc3ccccc3c2=O)cc1. The summed E-state index contributed by atoms with van der Waals surface area (Å²) in [6.07, 6.45) is 1.37. The predicted octanol–water partition coefficient (Wildman–Crippen LogP) is 3.64. The molecule has 1 amide bonds. The first-order valence-electron chi connectivity index (χ1n) is 9.84. The van der Waals surface area contributed by atoms with Gasteiger partial charge in [0.25, 0.3) is 11.5 Å². The Morgan fingerprint density at radius 2 is 1.81 bits per heavy atom. The van der Waals surface area contributed by atoms with Crippen LogP contribution in [0, 0.1) is 6.92 Å². The lowest BCUT2D eigenvalue weighted by Gasteiger charge is -2.13. The molecule has 160 valence electrons. The van der Waals surface area contributed by atoms with E-state index in [0.29, 0.717) is 27.3 Å². The first-order valence-corrected chi connectivity index (χ1v) is 10.8. The molecule has 0 atom stereocenters. The average Bonchev–Trinajstić information content (AvgIpc) is 2.80. The van der Waals surface area contributed by atoms with Gasteiger partial charge in [-0.3, -0.25) is 14.2 Å². The summed E-state index contributed by atoms with van der Waals surface area (Å²) in [7, 11) is 0. The molecule has 4 rings (SSSR count). The summed E-state index contributed by atoms with van der Waals surface area (Å²) in [5.41, 5.74) is 5.05. The number of aromatic hydroxyl groups is 1. The fraction of sp³-hybridized carbons (Fsp3) is 0.0833. The summed E-state index contributed by atoms with van der Waals surface area (Å²) in [5.74, 6) is -0.281. The second-order valence-electron chi connectivity index (χ2n) is 7.03. The molecule has 4 aromatic rings. The molecule has 0 aliphatic rings. The Bertz CT molecular complexity index is 1360. The van der Waals surface area contributed by atoms with E-state index in [2.05, 4.69) is 15.5 Å². The van der Waals surface area contributed by atoms with Gasteiger partial charge >= 0.3 is 0 Å². The van der Waals surface area contributed by atoms with Gasteiger partial charge in [-0.25, -0.2) is 10.4 Å². The van der Waals surface area contributed by atoms with Gasteiger partial charge in [-0.2, -0.15) is 5.10 Å². The lowest BCUT2D eigenvalue weighted by atomic mass is 10.2. The van der Waals surface area contributed by atoms with E-state index in [0.717, 1.165) is 17.3 Å². The Kier molecular flexibility index (Phi) is 6.32. The first kappa shape index (κ1) is 21.3. The molecular weight excluding hydrogens is 424 g/mol. The number of benzene rings is 3. The number of nitrogens with one attached hydrogen (secondary N) is 1. The molecule has 8 heteroatoms. The molecule has 0 bridgehead atoms. The molecule has 0 aliphatic heterocycles. The number of hydrazone groups is 1. The number of phenols is 1. The maximum absolute atomic E-state index is 13.2. The summed E-state index contributed by atoms with van der Waals surface area (Å²) >= 11 is 1.15. The second-order valence-corrected chi connectivity index (χ2v) is 7.97. The van der Waals surface area contributed by atoms with Crippen molar-refractivity contribution < 1.29 is 9.90 Å². The van der Waals surface area contributed by atoms with Crippen LogP contribution in [0.25, 0.3) is 16.6 Å². The number of aryl methyl sites for hydroxylation is 1. The third-order valence-electron chi connectivity index (χ3n) is 4.70. The van der Waals surface area contributed by atoms with Crippen molar-refractivity contribution in [2.75, 3.05) is 5.75 Å². The average molecular weight is 445 g/mol. The zero-order valence-electron chi connectivity index (χ0n) is 17.2. The normalized spacial score (nSPS) is 11.2. The zero-order valence-corrected chi connectivity index (χ0v) is 18.0. The minimum Gasteiger partial charge on any atom is -0.507 e. The van der Waals surface area contributed by atoms with Crippen LogP contribution in [0.1, 0.15) is 11.1 Å². The lowest BCUT2D eigenvalue weighted by Crippen LogP contribution is -2.24. The molecule has 32 heavy (non-hydrogen) atoms. The highest BCUT2D eigenvalue weighted by atomic mass is 32.2. The van der Waals surface area contributed by atoms with Crippen LogP contribution in [-0.2, 0) is 4.79 Å². The maximum atomic E-state index is 13.2. The van der Waals surface area contributed by atoms with Crippen LogP contribution in [-0.4, -0.2) is 32.5 Å². The minimum atomic E-state index is -0.362. The highest BCUT2D eigenvalue weighted by Gasteiger charge is 2.14. The van der Waals surface area contributed by atoms with Crippen LogP contribution in [0.2, 0.25) is 0 Å². The molecule has 0 saturated carbocycles. The van der Waals surface area contributed by atoms with E-state index >= 15 is 0 Å². The van der Waals surface area contributed by atoms with Crippen molar-refractivity contribution in [2.24, 2.45) is 5.10 Å². The molecule has 0 aliphatic carbocycles. The Morgan fingerprint density at radius 1 is 1.09 bits per heavy atom. The summed E-state index contributed by atoms with van der Waals surface area (Å²) in [5, 5.41) is 14.6. The number of rotatable bonds is 6. The number of hydrogen-bond acceptors (Lipinski definition) is 6. The van der Waals surface area contributed by atoms with Gasteiger partial charge in [-0.05, 0) is 43.3 Å². The van der Waals surface area contributed by atoms with Crippen molar-refractivity contribution in [1.82, 2.24) is 15.0 Å². The number of fused-ring (bicyclic) bond motifs is 1. The number of para-hydroxylation sites is 2. The maximum Gasteiger partial charge on any atom is 0.266 e. The highest BCUT2D eigenvalue weighted by Crippen LogP contribution is 2.21. The molecule has 0 saturated heterocycles. The molecule has 1 heterocycles. The molecule has 0 spiro atoms. The number of thioether (sulfide) groups is 1. The van der Waals surface area contributed by atoms with Gasteiger partial charge in [0.15, 0.2) is 5.16 Å². The van der Waals surface area contributed by atoms with Crippen molar-refractivity contribution >= 4 is 34.8 Å². The van der Waals surface area contributed by atoms with E-state index in [1.165, 1.54) is 16.8 Å². The summed E-state index contributed by atoms with van der Waals surface area (Å²) in [4.78, 5) is 30.1. The van der Waals surface area contributed by atoms with E-state index in [1.807, 2.05) is 37.3 Å². The largest absolute Gasteiger partial charge is 0.507 e. The van der Waals surface area contributed by atoms with Crippen LogP contribution in [0.5, 0.6) is 5.75 Å². The van der Waals surface area contributed by atoms with Gasteiger partial charge in [-0.1, -0.05) is 53.7 Å². The van der Waals surface area contributed by atoms with Crippen molar-refractivity contribution in [3.8, 4) is 11.4 Å². The quantitative estimate of drug-likeness (QED) is 0.205. The molecule has 2 N–H and O–H groups in total. The highest BCUT2D eigenvalue weighted by molar-refractivity contribution is 7.99. The van der Waals surface area contributed by atoms with Crippen LogP contribution in [0.15, 0.2) is 87.8 Å². The van der Waals surface area contributed by atoms with Crippen molar-refractivity contribution in [1.29, 1.82) is 0 Å². The second kappa shape index (κ2) is 9.49. The monoisotopic (exact) mass is 444 g/mol. The van der Waals surface area contributed by atoms with Gasteiger partial charge in [0.05, 0.1) is 28.6 Å². The molecule has 3 aromatic carbocycles. The summed E-state index contributed by atoms with van der Waals surface area (Å²) < 4.78 is 1.52. The van der Waals surface area contributed by atoms with Crippen molar-refractivity contribution in [3.05, 3.63) is 94.3 Å². The molecule has 0 radical (unpaired) electrons.